The molecule has 0 amide bonds. The van der Waals surface area contributed by atoms with Crippen molar-refractivity contribution >= 4 is 10.2 Å². The van der Waals surface area contributed by atoms with Gasteiger partial charge in [-0.15, -0.1) is 0 Å². The van der Waals surface area contributed by atoms with Gasteiger partial charge in [0.05, 0.1) is 6.20 Å². The van der Waals surface area contributed by atoms with Crippen molar-refractivity contribution in [1.29, 1.82) is 0 Å². The van der Waals surface area contributed by atoms with Crippen LogP contribution in [-0.4, -0.2) is 46.4 Å². The van der Waals surface area contributed by atoms with Gasteiger partial charge in [0.1, 0.15) is 0 Å². The lowest BCUT2D eigenvalue weighted by atomic mass is 10.3. The van der Waals surface area contributed by atoms with E-state index in [4.69, 9.17) is 0 Å². The molecular weight excluding hydrogens is 252 g/mol. The van der Waals surface area contributed by atoms with Crippen LogP contribution in [-0.2, 0) is 23.8 Å². The first-order valence-electron chi connectivity index (χ1n) is 6.27. The van der Waals surface area contributed by atoms with Gasteiger partial charge in [-0.25, -0.2) is 0 Å². The van der Waals surface area contributed by atoms with Gasteiger partial charge in [-0.2, -0.15) is 22.1 Å². The predicted molar refractivity (Wildman–Crippen MR) is 69.0 cm³/mol. The molecule has 6 nitrogen and oxygen atoms in total. The Morgan fingerprint density at radius 1 is 1.39 bits per heavy atom. The van der Waals surface area contributed by atoms with Crippen molar-refractivity contribution in [2.75, 3.05) is 19.6 Å². The van der Waals surface area contributed by atoms with E-state index in [0.29, 0.717) is 26.2 Å². The number of aryl methyl sites for hydroxylation is 1. The Morgan fingerprint density at radius 2 is 2.06 bits per heavy atom. The molecule has 0 aliphatic carbocycles. The molecule has 0 bridgehead atoms. The van der Waals surface area contributed by atoms with E-state index in [-0.39, 0.29) is 0 Å². The molecule has 1 aromatic heterocycles. The molecule has 1 fully saturated rings. The average Bonchev–Trinajstić information content (AvgIpc) is 2.96. The Balaban J connectivity index is 2.12. The molecule has 0 atom stereocenters. The van der Waals surface area contributed by atoms with E-state index in [2.05, 4.69) is 5.10 Å². The molecular formula is C11H20N4O2S. The van der Waals surface area contributed by atoms with Crippen LogP contribution in [0, 0.1) is 0 Å². The van der Waals surface area contributed by atoms with Crippen LogP contribution in [0.25, 0.3) is 0 Å². The fourth-order valence-electron chi connectivity index (χ4n) is 2.20. The fourth-order valence-corrected chi connectivity index (χ4v) is 3.88. The van der Waals surface area contributed by atoms with Crippen molar-refractivity contribution in [3.05, 3.63) is 18.0 Å². The van der Waals surface area contributed by atoms with E-state index in [1.165, 1.54) is 4.31 Å². The number of rotatable bonds is 5. The molecule has 18 heavy (non-hydrogen) atoms. The molecule has 1 aromatic rings. The number of hydrogen-bond donors (Lipinski definition) is 0. The van der Waals surface area contributed by atoms with Gasteiger partial charge in [0.15, 0.2) is 0 Å². The van der Waals surface area contributed by atoms with E-state index in [9.17, 15) is 8.42 Å². The molecule has 0 saturated carbocycles. The van der Waals surface area contributed by atoms with Crippen molar-refractivity contribution in [3.63, 3.8) is 0 Å². The average molecular weight is 272 g/mol. The monoisotopic (exact) mass is 272 g/mol. The van der Waals surface area contributed by atoms with Crippen molar-refractivity contribution in [3.8, 4) is 0 Å². The highest BCUT2D eigenvalue weighted by Gasteiger charge is 2.30. The van der Waals surface area contributed by atoms with Crippen LogP contribution in [0.2, 0.25) is 0 Å². The van der Waals surface area contributed by atoms with Gasteiger partial charge in [0.25, 0.3) is 10.2 Å². The maximum Gasteiger partial charge on any atom is 0.282 e. The summed E-state index contributed by atoms with van der Waals surface area (Å²) in [6.07, 6.45) is 5.48. The predicted octanol–water partition coefficient (Wildman–Crippen LogP) is 0.583. The summed E-state index contributed by atoms with van der Waals surface area (Å²) in [5, 5.41) is 4.07. The molecule has 0 unspecified atom stereocenters. The van der Waals surface area contributed by atoms with Crippen LogP contribution in [0.4, 0.5) is 0 Å². The summed E-state index contributed by atoms with van der Waals surface area (Å²) in [5.74, 6) is 0. The minimum absolute atomic E-state index is 0.392. The third-order valence-electron chi connectivity index (χ3n) is 3.19. The quantitative estimate of drug-likeness (QED) is 0.788. The van der Waals surface area contributed by atoms with Gasteiger partial charge >= 0.3 is 0 Å². The second-order valence-electron chi connectivity index (χ2n) is 4.56. The summed E-state index contributed by atoms with van der Waals surface area (Å²) in [4.78, 5) is 0. The van der Waals surface area contributed by atoms with E-state index < -0.39 is 10.2 Å². The molecule has 1 aliphatic heterocycles. The summed E-state index contributed by atoms with van der Waals surface area (Å²) in [5.41, 5.74) is 0.919. The molecule has 7 heteroatoms. The van der Waals surface area contributed by atoms with Gasteiger partial charge in [-0.05, 0) is 12.8 Å². The zero-order chi connectivity index (χ0) is 13.2. The van der Waals surface area contributed by atoms with Crippen LogP contribution in [0.15, 0.2) is 12.4 Å². The van der Waals surface area contributed by atoms with Gasteiger partial charge in [-0.1, -0.05) is 6.92 Å². The lowest BCUT2D eigenvalue weighted by molar-refractivity contribution is 0.365. The third-order valence-corrected chi connectivity index (χ3v) is 5.25. The largest absolute Gasteiger partial charge is 0.282 e. The lowest BCUT2D eigenvalue weighted by Gasteiger charge is -2.25. The maximum atomic E-state index is 12.4. The molecule has 0 aromatic carbocycles. The number of nitrogens with zero attached hydrogens (tertiary/aromatic N) is 4. The Bertz CT molecular complexity index is 491. The van der Waals surface area contributed by atoms with Crippen LogP contribution in [0.5, 0.6) is 0 Å². The highest BCUT2D eigenvalue weighted by molar-refractivity contribution is 7.86. The molecule has 0 radical (unpaired) electrons. The Hall–Kier alpha value is -0.920. The number of aromatic nitrogens is 2. The maximum absolute atomic E-state index is 12.4. The Kier molecular flexibility index (Phi) is 4.04. The standard InChI is InChI=1S/C11H20N4O2S/c1-3-14(10-11-8-12-13(2)9-11)18(16,17)15-6-4-5-7-15/h8-9H,3-7,10H2,1-2H3. The number of hydrogen-bond acceptors (Lipinski definition) is 3. The fraction of sp³-hybridized carbons (Fsp3) is 0.727. The summed E-state index contributed by atoms with van der Waals surface area (Å²) >= 11 is 0. The molecule has 0 N–H and O–H groups in total. The first kappa shape index (κ1) is 13.5. The molecule has 1 aliphatic rings. The minimum atomic E-state index is -3.31. The van der Waals surface area contributed by atoms with Gasteiger partial charge < -0.3 is 0 Å². The van der Waals surface area contributed by atoms with Crippen LogP contribution >= 0.6 is 0 Å². The van der Waals surface area contributed by atoms with Gasteiger partial charge in [0.2, 0.25) is 0 Å². The molecule has 2 heterocycles. The van der Waals surface area contributed by atoms with E-state index in [1.807, 2.05) is 20.2 Å². The highest BCUT2D eigenvalue weighted by Crippen LogP contribution is 2.18. The third kappa shape index (κ3) is 2.73. The first-order chi connectivity index (χ1) is 8.54. The summed E-state index contributed by atoms with van der Waals surface area (Å²) in [7, 11) is -1.48. The van der Waals surface area contributed by atoms with Gasteiger partial charge in [-0.3, -0.25) is 4.68 Å². The second-order valence-corrected chi connectivity index (χ2v) is 6.49. The van der Waals surface area contributed by atoms with Crippen molar-refractivity contribution in [1.82, 2.24) is 18.4 Å². The minimum Gasteiger partial charge on any atom is -0.275 e. The smallest absolute Gasteiger partial charge is 0.275 e. The molecule has 2 rings (SSSR count). The van der Waals surface area contributed by atoms with Gasteiger partial charge in [0, 0.05) is 45.0 Å². The van der Waals surface area contributed by atoms with Crippen LogP contribution in [0.3, 0.4) is 0 Å². The van der Waals surface area contributed by atoms with E-state index >= 15 is 0 Å². The summed E-state index contributed by atoms with van der Waals surface area (Å²) in [6, 6.07) is 0. The molecule has 102 valence electrons. The first-order valence-corrected chi connectivity index (χ1v) is 7.66. The van der Waals surface area contributed by atoms with E-state index in [1.54, 1.807) is 15.2 Å². The van der Waals surface area contributed by atoms with E-state index in [0.717, 1.165) is 18.4 Å². The second kappa shape index (κ2) is 5.38. The zero-order valence-corrected chi connectivity index (χ0v) is 11.7. The van der Waals surface area contributed by atoms with Crippen molar-refractivity contribution in [2.45, 2.75) is 26.3 Å². The molecule has 0 spiro atoms. The lowest BCUT2D eigenvalue weighted by Crippen LogP contribution is -2.41. The molecule has 1 saturated heterocycles. The Morgan fingerprint density at radius 3 is 2.56 bits per heavy atom. The van der Waals surface area contributed by atoms with Crippen LogP contribution in [0.1, 0.15) is 25.3 Å². The van der Waals surface area contributed by atoms with Crippen molar-refractivity contribution in [2.24, 2.45) is 7.05 Å². The normalized spacial score (nSPS) is 17.7. The Labute approximate surface area is 108 Å². The zero-order valence-electron chi connectivity index (χ0n) is 10.9. The highest BCUT2D eigenvalue weighted by atomic mass is 32.2. The SMILES string of the molecule is CCN(Cc1cnn(C)c1)S(=O)(=O)N1CCCC1. The topological polar surface area (TPSA) is 58.4 Å². The summed E-state index contributed by atoms with van der Waals surface area (Å²) in [6.45, 7) is 4.03. The van der Waals surface area contributed by atoms with Crippen molar-refractivity contribution < 1.29 is 8.42 Å². The summed E-state index contributed by atoms with van der Waals surface area (Å²) < 4.78 is 29.6. The van der Waals surface area contributed by atoms with Crippen LogP contribution < -0.4 is 0 Å².